The van der Waals surface area contributed by atoms with E-state index in [1.807, 2.05) is 6.92 Å². The lowest BCUT2D eigenvalue weighted by atomic mass is 9.92. The zero-order chi connectivity index (χ0) is 15.2. The minimum atomic E-state index is -0.568. The van der Waals surface area contributed by atoms with Crippen LogP contribution in [0.5, 0.6) is 0 Å². The molecule has 0 spiro atoms. The standard InChI is InChI=1S/C16H33N3O/c1-13(2)18-16(4,15(17)20)10-6-8-12-19-11-7-5-9-14(19)3/h13-14,18H,5-12H2,1-4H3,(H2,17,20). The fraction of sp³-hybridized carbons (Fsp3) is 0.938. The quantitative estimate of drug-likeness (QED) is 0.672. The van der Waals surface area contributed by atoms with E-state index < -0.39 is 5.54 Å². The van der Waals surface area contributed by atoms with Crippen LogP contribution in [-0.2, 0) is 4.79 Å². The zero-order valence-corrected chi connectivity index (χ0v) is 13.7. The summed E-state index contributed by atoms with van der Waals surface area (Å²) in [6.45, 7) is 10.7. The fourth-order valence-electron chi connectivity index (χ4n) is 3.19. The van der Waals surface area contributed by atoms with Crippen molar-refractivity contribution in [2.75, 3.05) is 13.1 Å². The Morgan fingerprint density at radius 2 is 2.10 bits per heavy atom. The Balaban J connectivity index is 2.32. The lowest BCUT2D eigenvalue weighted by Crippen LogP contribution is -2.55. The average Bonchev–Trinajstić information content (AvgIpc) is 2.35. The fourth-order valence-corrected chi connectivity index (χ4v) is 3.19. The maximum absolute atomic E-state index is 11.7. The summed E-state index contributed by atoms with van der Waals surface area (Å²) in [7, 11) is 0. The van der Waals surface area contributed by atoms with Crippen molar-refractivity contribution in [1.82, 2.24) is 10.2 Å². The number of nitrogens with zero attached hydrogens (tertiary/aromatic N) is 1. The van der Waals surface area contributed by atoms with Crippen LogP contribution in [-0.4, -0.2) is 41.5 Å². The van der Waals surface area contributed by atoms with Crippen LogP contribution in [0.2, 0.25) is 0 Å². The molecule has 1 aliphatic rings. The van der Waals surface area contributed by atoms with Crippen LogP contribution in [0.3, 0.4) is 0 Å². The summed E-state index contributed by atoms with van der Waals surface area (Å²) >= 11 is 0. The van der Waals surface area contributed by atoms with E-state index in [-0.39, 0.29) is 11.9 Å². The first-order valence-electron chi connectivity index (χ1n) is 8.17. The Bertz CT molecular complexity index is 306. The summed E-state index contributed by atoms with van der Waals surface area (Å²) in [6.07, 6.45) is 7.04. The second-order valence-corrected chi connectivity index (χ2v) is 6.83. The molecular weight excluding hydrogens is 250 g/mol. The van der Waals surface area contributed by atoms with Gasteiger partial charge in [-0.25, -0.2) is 0 Å². The number of rotatable bonds is 8. The molecular formula is C16H33N3O. The van der Waals surface area contributed by atoms with Gasteiger partial charge >= 0.3 is 0 Å². The van der Waals surface area contributed by atoms with Crippen molar-refractivity contribution in [2.45, 2.75) is 83.8 Å². The molecule has 2 atom stereocenters. The maximum atomic E-state index is 11.7. The summed E-state index contributed by atoms with van der Waals surface area (Å²) in [5.41, 5.74) is 4.99. The van der Waals surface area contributed by atoms with Crippen LogP contribution in [0.15, 0.2) is 0 Å². The van der Waals surface area contributed by atoms with Crippen molar-refractivity contribution >= 4 is 5.91 Å². The number of unbranched alkanes of at least 4 members (excludes halogenated alkanes) is 1. The number of hydrogen-bond acceptors (Lipinski definition) is 3. The van der Waals surface area contributed by atoms with Crippen molar-refractivity contribution in [3.63, 3.8) is 0 Å². The van der Waals surface area contributed by atoms with Crippen LogP contribution >= 0.6 is 0 Å². The monoisotopic (exact) mass is 283 g/mol. The third-order valence-electron chi connectivity index (χ3n) is 4.46. The van der Waals surface area contributed by atoms with Gasteiger partial charge in [0.05, 0.1) is 5.54 Å². The van der Waals surface area contributed by atoms with E-state index in [2.05, 4.69) is 31.0 Å². The Morgan fingerprint density at radius 1 is 1.40 bits per heavy atom. The summed E-state index contributed by atoms with van der Waals surface area (Å²) < 4.78 is 0. The molecule has 0 bridgehead atoms. The minimum Gasteiger partial charge on any atom is -0.368 e. The highest BCUT2D eigenvalue weighted by atomic mass is 16.1. The second kappa shape index (κ2) is 7.99. The van der Waals surface area contributed by atoms with E-state index >= 15 is 0 Å². The van der Waals surface area contributed by atoms with E-state index in [4.69, 9.17) is 5.73 Å². The molecule has 118 valence electrons. The summed E-state index contributed by atoms with van der Waals surface area (Å²) in [4.78, 5) is 14.2. The van der Waals surface area contributed by atoms with Crippen LogP contribution < -0.4 is 11.1 Å². The van der Waals surface area contributed by atoms with Crippen LogP contribution in [0.25, 0.3) is 0 Å². The largest absolute Gasteiger partial charge is 0.368 e. The molecule has 0 aromatic rings. The molecule has 1 aliphatic heterocycles. The van der Waals surface area contributed by atoms with Crippen LogP contribution in [0.1, 0.15) is 66.2 Å². The molecule has 0 aromatic carbocycles. The predicted octanol–water partition coefficient (Wildman–Crippen LogP) is 2.27. The van der Waals surface area contributed by atoms with Gasteiger partial charge in [0.25, 0.3) is 0 Å². The number of carbonyl (C=O) groups is 1. The molecule has 0 aliphatic carbocycles. The Hall–Kier alpha value is -0.610. The smallest absolute Gasteiger partial charge is 0.237 e. The molecule has 0 saturated carbocycles. The summed E-state index contributed by atoms with van der Waals surface area (Å²) in [6, 6.07) is 0.995. The lowest BCUT2D eigenvalue weighted by molar-refractivity contribution is -0.124. The number of primary amides is 1. The highest BCUT2D eigenvalue weighted by molar-refractivity contribution is 5.84. The number of hydrogen-bond donors (Lipinski definition) is 2. The summed E-state index contributed by atoms with van der Waals surface area (Å²) in [5, 5.41) is 3.31. The van der Waals surface area contributed by atoms with Gasteiger partial charge in [0.2, 0.25) is 5.91 Å². The summed E-state index contributed by atoms with van der Waals surface area (Å²) in [5.74, 6) is -0.238. The van der Waals surface area contributed by atoms with Crippen molar-refractivity contribution in [1.29, 1.82) is 0 Å². The molecule has 1 rings (SSSR count). The van der Waals surface area contributed by atoms with Crippen molar-refractivity contribution in [3.8, 4) is 0 Å². The molecule has 1 amide bonds. The first-order chi connectivity index (χ1) is 9.35. The van der Waals surface area contributed by atoms with Crippen LogP contribution in [0.4, 0.5) is 0 Å². The first-order valence-corrected chi connectivity index (χ1v) is 8.17. The van der Waals surface area contributed by atoms with Gasteiger partial charge in [-0.3, -0.25) is 4.79 Å². The molecule has 20 heavy (non-hydrogen) atoms. The van der Waals surface area contributed by atoms with Gasteiger partial charge in [-0.1, -0.05) is 6.42 Å². The van der Waals surface area contributed by atoms with Gasteiger partial charge < -0.3 is 16.0 Å². The molecule has 0 radical (unpaired) electrons. The second-order valence-electron chi connectivity index (χ2n) is 6.83. The van der Waals surface area contributed by atoms with Gasteiger partial charge in [-0.05, 0) is 72.9 Å². The van der Waals surface area contributed by atoms with Gasteiger partial charge in [-0.2, -0.15) is 0 Å². The Labute approximate surface area is 124 Å². The zero-order valence-electron chi connectivity index (χ0n) is 13.7. The third kappa shape index (κ3) is 5.41. The van der Waals surface area contributed by atoms with Gasteiger partial charge in [0.1, 0.15) is 0 Å². The predicted molar refractivity (Wildman–Crippen MR) is 84.6 cm³/mol. The van der Waals surface area contributed by atoms with Gasteiger partial charge in [-0.15, -0.1) is 0 Å². The normalized spacial score (nSPS) is 23.8. The van der Waals surface area contributed by atoms with Gasteiger partial charge in [0, 0.05) is 12.1 Å². The number of likely N-dealkylation sites (tertiary alicyclic amines) is 1. The number of carbonyl (C=O) groups excluding carboxylic acids is 1. The van der Waals surface area contributed by atoms with Crippen molar-refractivity contribution in [3.05, 3.63) is 0 Å². The van der Waals surface area contributed by atoms with E-state index in [9.17, 15) is 4.79 Å². The molecule has 4 heteroatoms. The number of amides is 1. The minimum absolute atomic E-state index is 0.238. The SMILES string of the molecule is CC(C)NC(C)(CCCCN1CCCCC1C)C(N)=O. The molecule has 1 saturated heterocycles. The van der Waals surface area contributed by atoms with E-state index in [1.54, 1.807) is 0 Å². The van der Waals surface area contributed by atoms with E-state index in [0.29, 0.717) is 0 Å². The average molecular weight is 283 g/mol. The number of piperidine rings is 1. The molecule has 3 N–H and O–H groups in total. The molecule has 1 heterocycles. The maximum Gasteiger partial charge on any atom is 0.237 e. The molecule has 2 unspecified atom stereocenters. The Kier molecular flexibility index (Phi) is 6.96. The third-order valence-corrected chi connectivity index (χ3v) is 4.46. The molecule has 1 fully saturated rings. The van der Waals surface area contributed by atoms with Crippen molar-refractivity contribution in [2.24, 2.45) is 5.73 Å². The molecule has 4 nitrogen and oxygen atoms in total. The van der Waals surface area contributed by atoms with Crippen LogP contribution in [0, 0.1) is 0 Å². The first kappa shape index (κ1) is 17.4. The lowest BCUT2D eigenvalue weighted by Gasteiger charge is -2.34. The van der Waals surface area contributed by atoms with Gasteiger partial charge in [0.15, 0.2) is 0 Å². The molecule has 0 aromatic heterocycles. The highest BCUT2D eigenvalue weighted by Gasteiger charge is 2.30. The van der Waals surface area contributed by atoms with E-state index in [1.165, 1.54) is 25.8 Å². The number of nitrogens with one attached hydrogen (secondary N) is 1. The van der Waals surface area contributed by atoms with E-state index in [0.717, 1.165) is 31.8 Å². The topological polar surface area (TPSA) is 58.4 Å². The number of nitrogens with two attached hydrogens (primary N) is 1. The van der Waals surface area contributed by atoms with Crippen molar-refractivity contribution < 1.29 is 4.79 Å². The Morgan fingerprint density at radius 3 is 2.65 bits per heavy atom. The highest BCUT2D eigenvalue weighted by Crippen LogP contribution is 2.19.